The van der Waals surface area contributed by atoms with Crippen LogP contribution in [0.15, 0.2) is 48.5 Å². The lowest BCUT2D eigenvalue weighted by Gasteiger charge is -2.15. The lowest BCUT2D eigenvalue weighted by atomic mass is 9.98. The molecule has 0 fully saturated rings. The summed E-state index contributed by atoms with van der Waals surface area (Å²) in [6.45, 7) is 4.79. The molecule has 1 amide bonds. The molecule has 1 N–H and O–H groups in total. The van der Waals surface area contributed by atoms with Gasteiger partial charge in [-0.3, -0.25) is 4.79 Å². The Balaban J connectivity index is 1.85. The molecule has 2 aromatic rings. The molecule has 0 aliphatic heterocycles. The van der Waals surface area contributed by atoms with Crippen LogP contribution in [0.25, 0.3) is 0 Å². The number of carbonyl (C=O) groups is 1. The molecule has 0 bridgehead atoms. The highest BCUT2D eigenvalue weighted by atomic mass is 16.5. The van der Waals surface area contributed by atoms with E-state index in [4.69, 9.17) is 9.47 Å². The first-order chi connectivity index (χ1) is 11.6. The van der Waals surface area contributed by atoms with Gasteiger partial charge in [-0.1, -0.05) is 44.2 Å². The summed E-state index contributed by atoms with van der Waals surface area (Å²) in [7, 11) is 1.63. The van der Waals surface area contributed by atoms with Crippen LogP contribution in [0.5, 0.6) is 11.5 Å². The van der Waals surface area contributed by atoms with Crippen LogP contribution in [-0.4, -0.2) is 19.6 Å². The highest BCUT2D eigenvalue weighted by molar-refractivity contribution is 5.77. The van der Waals surface area contributed by atoms with Gasteiger partial charge in [0.25, 0.3) is 5.91 Å². The topological polar surface area (TPSA) is 47.6 Å². The van der Waals surface area contributed by atoms with E-state index in [1.54, 1.807) is 7.11 Å². The second kappa shape index (κ2) is 8.96. The Morgan fingerprint density at radius 3 is 2.50 bits per heavy atom. The van der Waals surface area contributed by atoms with Gasteiger partial charge in [0.2, 0.25) is 0 Å². The fourth-order valence-corrected chi connectivity index (χ4v) is 2.38. The first-order valence-corrected chi connectivity index (χ1v) is 8.25. The van der Waals surface area contributed by atoms with Crippen molar-refractivity contribution in [2.45, 2.75) is 32.7 Å². The molecule has 4 nitrogen and oxygen atoms in total. The molecular formula is C20H25NO3. The van der Waals surface area contributed by atoms with Crippen molar-refractivity contribution in [3.8, 4) is 11.5 Å². The van der Waals surface area contributed by atoms with Crippen LogP contribution in [0.4, 0.5) is 0 Å². The molecule has 2 aromatic carbocycles. The van der Waals surface area contributed by atoms with Gasteiger partial charge < -0.3 is 14.8 Å². The largest absolute Gasteiger partial charge is 0.497 e. The number of ether oxygens (including phenoxy) is 2. The molecular weight excluding hydrogens is 302 g/mol. The van der Waals surface area contributed by atoms with E-state index in [9.17, 15) is 4.79 Å². The number of methoxy groups -OCH3 is 1. The number of nitrogens with one attached hydrogen (secondary N) is 1. The summed E-state index contributed by atoms with van der Waals surface area (Å²) < 4.78 is 10.8. The third-order valence-corrected chi connectivity index (χ3v) is 4.07. The molecule has 2 rings (SSSR count). The van der Waals surface area contributed by atoms with Gasteiger partial charge in [0.1, 0.15) is 11.5 Å². The lowest BCUT2D eigenvalue weighted by molar-refractivity contribution is -0.123. The van der Waals surface area contributed by atoms with Crippen LogP contribution in [-0.2, 0) is 11.3 Å². The maximum atomic E-state index is 12.0. The third-order valence-electron chi connectivity index (χ3n) is 4.07. The molecule has 0 aliphatic carbocycles. The van der Waals surface area contributed by atoms with E-state index >= 15 is 0 Å². The van der Waals surface area contributed by atoms with E-state index in [0.717, 1.165) is 29.0 Å². The third kappa shape index (κ3) is 5.01. The van der Waals surface area contributed by atoms with Crippen LogP contribution in [0, 0.1) is 0 Å². The monoisotopic (exact) mass is 327 g/mol. The molecule has 128 valence electrons. The van der Waals surface area contributed by atoms with Crippen molar-refractivity contribution in [1.29, 1.82) is 0 Å². The van der Waals surface area contributed by atoms with Crippen LogP contribution in [0.1, 0.15) is 37.3 Å². The highest BCUT2D eigenvalue weighted by Crippen LogP contribution is 2.28. The molecule has 0 aromatic heterocycles. The fraction of sp³-hybridized carbons (Fsp3) is 0.350. The van der Waals surface area contributed by atoms with E-state index in [2.05, 4.69) is 25.2 Å². The standard InChI is InChI=1S/C20H25NO3/c1-4-15(2)18-7-5-6-8-19(18)24-14-20(22)21-13-16-9-11-17(23-3)12-10-16/h5-12,15H,4,13-14H2,1-3H3,(H,21,22). The van der Waals surface area contributed by atoms with Crippen molar-refractivity contribution < 1.29 is 14.3 Å². The summed E-state index contributed by atoms with van der Waals surface area (Å²) in [4.78, 5) is 12.0. The minimum atomic E-state index is -0.134. The van der Waals surface area contributed by atoms with Gasteiger partial charge in [0.05, 0.1) is 7.11 Å². The Hall–Kier alpha value is -2.49. The Morgan fingerprint density at radius 2 is 1.83 bits per heavy atom. The number of rotatable bonds is 8. The summed E-state index contributed by atoms with van der Waals surface area (Å²) in [6, 6.07) is 15.5. The van der Waals surface area contributed by atoms with Gasteiger partial charge in [0.15, 0.2) is 6.61 Å². The zero-order valence-corrected chi connectivity index (χ0v) is 14.5. The van der Waals surface area contributed by atoms with Gasteiger partial charge >= 0.3 is 0 Å². The molecule has 4 heteroatoms. The van der Waals surface area contributed by atoms with Gasteiger partial charge in [-0.2, -0.15) is 0 Å². The van der Waals surface area contributed by atoms with E-state index in [1.165, 1.54) is 0 Å². The first kappa shape index (κ1) is 17.9. The average Bonchev–Trinajstić information content (AvgIpc) is 2.64. The second-order valence-corrected chi connectivity index (χ2v) is 5.76. The van der Waals surface area contributed by atoms with Crippen molar-refractivity contribution in [3.63, 3.8) is 0 Å². The SMILES string of the molecule is CCC(C)c1ccccc1OCC(=O)NCc1ccc(OC)cc1. The lowest BCUT2D eigenvalue weighted by Crippen LogP contribution is -2.28. The van der Waals surface area contributed by atoms with E-state index in [-0.39, 0.29) is 12.5 Å². The molecule has 0 aliphatic rings. The zero-order chi connectivity index (χ0) is 17.4. The quantitative estimate of drug-likeness (QED) is 0.800. The first-order valence-electron chi connectivity index (χ1n) is 8.25. The molecule has 24 heavy (non-hydrogen) atoms. The summed E-state index contributed by atoms with van der Waals surface area (Å²) in [6.07, 6.45) is 1.03. The number of carbonyl (C=O) groups excluding carboxylic acids is 1. The van der Waals surface area contributed by atoms with Gasteiger partial charge in [-0.05, 0) is 41.7 Å². The molecule has 0 saturated heterocycles. The van der Waals surface area contributed by atoms with Crippen molar-refractivity contribution in [2.24, 2.45) is 0 Å². The molecule has 0 spiro atoms. The van der Waals surface area contributed by atoms with Gasteiger partial charge in [0, 0.05) is 6.54 Å². The summed E-state index contributed by atoms with van der Waals surface area (Å²) in [5.74, 6) is 1.86. The van der Waals surface area contributed by atoms with E-state index < -0.39 is 0 Å². The number of amides is 1. The van der Waals surface area contributed by atoms with Crippen LogP contribution < -0.4 is 14.8 Å². The van der Waals surface area contributed by atoms with Crippen LogP contribution in [0.2, 0.25) is 0 Å². The minimum Gasteiger partial charge on any atom is -0.497 e. The minimum absolute atomic E-state index is 0.0175. The van der Waals surface area contributed by atoms with Gasteiger partial charge in [-0.15, -0.1) is 0 Å². The summed E-state index contributed by atoms with van der Waals surface area (Å²) >= 11 is 0. The van der Waals surface area contributed by atoms with Crippen molar-refractivity contribution in [2.75, 3.05) is 13.7 Å². The molecule has 0 saturated carbocycles. The highest BCUT2D eigenvalue weighted by Gasteiger charge is 2.11. The van der Waals surface area contributed by atoms with Crippen molar-refractivity contribution in [1.82, 2.24) is 5.32 Å². The van der Waals surface area contributed by atoms with Crippen LogP contribution in [0.3, 0.4) is 0 Å². The Morgan fingerprint density at radius 1 is 1.12 bits per heavy atom. The predicted octanol–water partition coefficient (Wildman–Crippen LogP) is 3.90. The van der Waals surface area contributed by atoms with Crippen molar-refractivity contribution >= 4 is 5.91 Å². The maximum Gasteiger partial charge on any atom is 0.258 e. The number of para-hydroxylation sites is 1. The normalized spacial score (nSPS) is 11.6. The van der Waals surface area contributed by atoms with Crippen molar-refractivity contribution in [3.05, 3.63) is 59.7 Å². The Kier molecular flexibility index (Phi) is 6.67. The summed E-state index contributed by atoms with van der Waals surface area (Å²) in [5, 5.41) is 2.86. The predicted molar refractivity (Wildman–Crippen MR) is 95.5 cm³/mol. The molecule has 0 heterocycles. The molecule has 1 unspecified atom stereocenters. The van der Waals surface area contributed by atoms with Crippen LogP contribution >= 0.6 is 0 Å². The number of benzene rings is 2. The zero-order valence-electron chi connectivity index (χ0n) is 14.5. The molecule has 1 atom stereocenters. The van der Waals surface area contributed by atoms with E-state index in [0.29, 0.717) is 12.5 Å². The van der Waals surface area contributed by atoms with Gasteiger partial charge in [-0.25, -0.2) is 0 Å². The Bertz CT molecular complexity index is 652. The number of hydrogen-bond acceptors (Lipinski definition) is 3. The maximum absolute atomic E-state index is 12.0. The average molecular weight is 327 g/mol. The smallest absolute Gasteiger partial charge is 0.258 e. The second-order valence-electron chi connectivity index (χ2n) is 5.76. The van der Waals surface area contributed by atoms with E-state index in [1.807, 2.05) is 42.5 Å². The fourth-order valence-electron chi connectivity index (χ4n) is 2.38. The summed E-state index contributed by atoms with van der Waals surface area (Å²) in [5.41, 5.74) is 2.16. The number of hydrogen-bond donors (Lipinski definition) is 1. The molecule has 0 radical (unpaired) electrons. The Labute approximate surface area is 143 Å².